The van der Waals surface area contributed by atoms with Crippen molar-refractivity contribution in [3.63, 3.8) is 0 Å². The van der Waals surface area contributed by atoms with Crippen molar-refractivity contribution in [3.05, 3.63) is 39.9 Å². The molecule has 1 rings (SSSR count). The van der Waals surface area contributed by atoms with E-state index in [2.05, 4.69) is 5.32 Å². The van der Waals surface area contributed by atoms with Crippen LogP contribution in [0.3, 0.4) is 0 Å². The van der Waals surface area contributed by atoms with Crippen molar-refractivity contribution in [1.82, 2.24) is 5.32 Å². The smallest absolute Gasteiger partial charge is 0.269 e. The first-order valence-electron chi connectivity index (χ1n) is 7.30. The Morgan fingerprint density at radius 1 is 1.14 bits per heavy atom. The molecule has 0 heterocycles. The number of aliphatic hydroxyl groups excluding tert-OH is 2. The third-order valence-electron chi connectivity index (χ3n) is 3.77. The lowest BCUT2D eigenvalue weighted by Crippen LogP contribution is -2.34. The Morgan fingerprint density at radius 3 is 2.19 bits per heavy atom. The van der Waals surface area contributed by atoms with Gasteiger partial charge in [0.15, 0.2) is 0 Å². The Labute approximate surface area is 125 Å². The highest BCUT2D eigenvalue weighted by Crippen LogP contribution is 2.17. The molecule has 6 heteroatoms. The number of nitro benzene ring substituents is 1. The molecule has 0 aliphatic carbocycles. The Kier molecular flexibility index (Phi) is 7.28. The summed E-state index contributed by atoms with van der Waals surface area (Å²) in [5.41, 5.74) is 0.619. The molecule has 21 heavy (non-hydrogen) atoms. The molecule has 6 nitrogen and oxygen atoms in total. The third kappa shape index (κ3) is 5.41. The molecule has 0 fully saturated rings. The molecule has 0 aliphatic heterocycles. The number of hydrogen-bond acceptors (Lipinski definition) is 5. The molecule has 3 N–H and O–H groups in total. The maximum atomic E-state index is 10.6. The molecule has 0 aliphatic rings. The average Bonchev–Trinajstić information content (AvgIpc) is 2.48. The average molecular weight is 296 g/mol. The van der Waals surface area contributed by atoms with Crippen LogP contribution in [0, 0.1) is 16.0 Å². The normalized spacial score (nSPS) is 14.1. The Hall–Kier alpha value is -1.50. The largest absolute Gasteiger partial charge is 0.392 e. The second-order valence-corrected chi connectivity index (χ2v) is 5.17. The van der Waals surface area contributed by atoms with E-state index in [0.29, 0.717) is 18.7 Å². The second-order valence-electron chi connectivity index (χ2n) is 5.17. The van der Waals surface area contributed by atoms with Crippen LogP contribution in [0.5, 0.6) is 0 Å². The summed E-state index contributed by atoms with van der Waals surface area (Å²) in [6.07, 6.45) is 0.665. The fraction of sp³-hybridized carbons (Fsp3) is 0.600. The Morgan fingerprint density at radius 2 is 1.71 bits per heavy atom. The Balaban J connectivity index is 2.43. The van der Waals surface area contributed by atoms with E-state index in [1.807, 2.05) is 13.8 Å². The fourth-order valence-electron chi connectivity index (χ4n) is 2.30. The van der Waals surface area contributed by atoms with Crippen LogP contribution in [0.25, 0.3) is 0 Å². The minimum Gasteiger partial charge on any atom is -0.392 e. The van der Waals surface area contributed by atoms with Crippen LogP contribution in [-0.2, 0) is 0 Å². The lowest BCUT2D eigenvalue weighted by Gasteiger charge is -2.21. The molecule has 0 amide bonds. The summed E-state index contributed by atoms with van der Waals surface area (Å²) in [6.45, 7) is 4.82. The van der Waals surface area contributed by atoms with Crippen molar-refractivity contribution >= 4 is 5.69 Å². The van der Waals surface area contributed by atoms with Gasteiger partial charge in [0, 0.05) is 25.2 Å². The molecule has 1 aromatic rings. The summed E-state index contributed by atoms with van der Waals surface area (Å²) in [7, 11) is 0. The van der Waals surface area contributed by atoms with Crippen molar-refractivity contribution in [2.45, 2.75) is 38.9 Å². The summed E-state index contributed by atoms with van der Waals surface area (Å²) in [5, 5.41) is 33.6. The molecule has 0 bridgehead atoms. The van der Waals surface area contributed by atoms with Gasteiger partial charge < -0.3 is 15.5 Å². The molecular formula is C15H24N2O4. The monoisotopic (exact) mass is 296 g/mol. The molecule has 118 valence electrons. The fourth-order valence-corrected chi connectivity index (χ4v) is 2.30. The summed E-state index contributed by atoms with van der Waals surface area (Å²) >= 11 is 0. The van der Waals surface area contributed by atoms with Gasteiger partial charge in [0.05, 0.1) is 17.1 Å². The number of hydrogen-bond donors (Lipinski definition) is 3. The summed E-state index contributed by atoms with van der Waals surface area (Å²) in [4.78, 5) is 10.1. The van der Waals surface area contributed by atoms with E-state index >= 15 is 0 Å². The van der Waals surface area contributed by atoms with Gasteiger partial charge >= 0.3 is 0 Å². The van der Waals surface area contributed by atoms with Crippen molar-refractivity contribution in [3.8, 4) is 0 Å². The Bertz CT molecular complexity index is 432. The van der Waals surface area contributed by atoms with E-state index in [1.165, 1.54) is 12.1 Å². The topological polar surface area (TPSA) is 95.6 Å². The van der Waals surface area contributed by atoms with Gasteiger partial charge in [-0.2, -0.15) is 0 Å². The van der Waals surface area contributed by atoms with Crippen LogP contribution >= 0.6 is 0 Å². The number of nitrogens with zero attached hydrogens (tertiary/aromatic N) is 1. The number of benzene rings is 1. The molecule has 0 saturated carbocycles. The van der Waals surface area contributed by atoms with Crippen LogP contribution in [0.15, 0.2) is 24.3 Å². The quantitative estimate of drug-likeness (QED) is 0.478. The molecular weight excluding hydrogens is 272 g/mol. The molecule has 0 radical (unpaired) electrons. The van der Waals surface area contributed by atoms with Crippen molar-refractivity contribution in [2.75, 3.05) is 13.1 Å². The van der Waals surface area contributed by atoms with E-state index < -0.39 is 17.1 Å². The first-order valence-corrected chi connectivity index (χ1v) is 7.30. The van der Waals surface area contributed by atoms with Gasteiger partial charge in [0.1, 0.15) is 0 Å². The number of non-ortho nitro benzene ring substituents is 1. The molecule has 2 unspecified atom stereocenters. The predicted molar refractivity (Wildman–Crippen MR) is 81.0 cm³/mol. The first kappa shape index (κ1) is 17.6. The maximum absolute atomic E-state index is 10.6. The summed E-state index contributed by atoms with van der Waals surface area (Å²) < 4.78 is 0. The molecule has 2 atom stereocenters. The van der Waals surface area contributed by atoms with Crippen LogP contribution in [0.1, 0.15) is 38.4 Å². The standard InChI is InChI=1S/C15H24N2O4/c1-3-11(4-2)14(18)9-16-10-15(19)12-5-7-13(8-6-12)17(20)21/h5-8,11,14-16,18-19H,3-4,9-10H2,1-2H3. The van der Waals surface area contributed by atoms with Gasteiger partial charge in [-0.1, -0.05) is 26.7 Å². The van der Waals surface area contributed by atoms with Crippen LogP contribution in [0.4, 0.5) is 5.69 Å². The second kappa shape index (κ2) is 8.71. The predicted octanol–water partition coefficient (Wildman–Crippen LogP) is 2.01. The van der Waals surface area contributed by atoms with Gasteiger partial charge in [0.2, 0.25) is 0 Å². The molecule has 1 aromatic carbocycles. The zero-order valence-electron chi connectivity index (χ0n) is 12.5. The minimum absolute atomic E-state index is 0.00284. The van der Waals surface area contributed by atoms with Crippen LogP contribution < -0.4 is 5.32 Å². The van der Waals surface area contributed by atoms with Gasteiger partial charge in [-0.05, 0) is 23.6 Å². The van der Waals surface area contributed by atoms with Gasteiger partial charge in [-0.25, -0.2) is 0 Å². The van der Waals surface area contributed by atoms with E-state index in [1.54, 1.807) is 12.1 Å². The van der Waals surface area contributed by atoms with Crippen molar-refractivity contribution in [2.24, 2.45) is 5.92 Å². The highest BCUT2D eigenvalue weighted by Gasteiger charge is 2.16. The van der Waals surface area contributed by atoms with Gasteiger partial charge in [-0.15, -0.1) is 0 Å². The summed E-state index contributed by atoms with van der Waals surface area (Å²) in [6, 6.07) is 5.83. The van der Waals surface area contributed by atoms with Gasteiger partial charge in [-0.3, -0.25) is 10.1 Å². The van der Waals surface area contributed by atoms with Crippen molar-refractivity contribution in [1.29, 1.82) is 0 Å². The zero-order valence-corrected chi connectivity index (χ0v) is 12.5. The maximum Gasteiger partial charge on any atom is 0.269 e. The summed E-state index contributed by atoms with van der Waals surface area (Å²) in [5.74, 6) is 0.258. The molecule has 0 spiro atoms. The first-order chi connectivity index (χ1) is 9.99. The SMILES string of the molecule is CCC(CC)C(O)CNCC(O)c1ccc([N+](=O)[O-])cc1. The van der Waals surface area contributed by atoms with E-state index in [4.69, 9.17) is 0 Å². The number of rotatable bonds is 9. The zero-order chi connectivity index (χ0) is 15.8. The number of aliphatic hydroxyl groups is 2. The van der Waals surface area contributed by atoms with Crippen LogP contribution in [0.2, 0.25) is 0 Å². The van der Waals surface area contributed by atoms with Crippen LogP contribution in [-0.4, -0.2) is 34.3 Å². The number of nitro groups is 1. The minimum atomic E-state index is -0.750. The molecule has 0 saturated heterocycles. The van der Waals surface area contributed by atoms with E-state index in [9.17, 15) is 20.3 Å². The van der Waals surface area contributed by atoms with Gasteiger partial charge in [0.25, 0.3) is 5.69 Å². The lowest BCUT2D eigenvalue weighted by molar-refractivity contribution is -0.384. The van der Waals surface area contributed by atoms with Crippen molar-refractivity contribution < 1.29 is 15.1 Å². The third-order valence-corrected chi connectivity index (χ3v) is 3.77. The lowest BCUT2D eigenvalue weighted by atomic mass is 9.96. The molecule has 0 aromatic heterocycles. The highest BCUT2D eigenvalue weighted by atomic mass is 16.6. The van der Waals surface area contributed by atoms with E-state index in [0.717, 1.165) is 12.8 Å². The highest BCUT2D eigenvalue weighted by molar-refractivity contribution is 5.33. The number of nitrogens with one attached hydrogen (secondary N) is 1. The van der Waals surface area contributed by atoms with E-state index in [-0.39, 0.29) is 11.6 Å².